The number of hydrogen-bond donors (Lipinski definition) is 1. The third-order valence-corrected chi connectivity index (χ3v) is 2.93. The Bertz CT molecular complexity index is 506. The average molecular weight is 255 g/mol. The maximum Gasteiger partial charge on any atom is 0.127 e. The van der Waals surface area contributed by atoms with E-state index in [0.717, 1.165) is 0 Å². The molecule has 0 aliphatic carbocycles. The van der Waals surface area contributed by atoms with E-state index in [1.165, 1.54) is 18.6 Å². The molecule has 2 rings (SSSR count). The summed E-state index contributed by atoms with van der Waals surface area (Å²) in [5.74, 6) is -0.415. The summed E-state index contributed by atoms with van der Waals surface area (Å²) >= 11 is 5.67. The van der Waals surface area contributed by atoms with Crippen LogP contribution in [0.1, 0.15) is 18.1 Å². The van der Waals surface area contributed by atoms with Gasteiger partial charge in [0.05, 0.1) is 18.1 Å². The minimum atomic E-state index is -1.17. The van der Waals surface area contributed by atoms with Crippen LogP contribution in [0.25, 0.3) is 0 Å². The molecule has 0 fully saturated rings. The predicted molar refractivity (Wildman–Crippen MR) is 63.4 cm³/mol. The van der Waals surface area contributed by atoms with E-state index in [-0.39, 0.29) is 6.42 Å². The molecule has 1 unspecified atom stereocenters. The summed E-state index contributed by atoms with van der Waals surface area (Å²) < 4.78 is 18.5. The third kappa shape index (κ3) is 2.68. The molecule has 4 heteroatoms. The normalized spacial score (nSPS) is 14.6. The van der Waals surface area contributed by atoms with E-state index in [9.17, 15) is 9.50 Å². The Morgan fingerprint density at radius 3 is 2.76 bits per heavy atom. The summed E-state index contributed by atoms with van der Waals surface area (Å²) in [6, 6.07) is 6.08. The molecule has 1 atom stereocenters. The lowest BCUT2D eigenvalue weighted by Crippen LogP contribution is -2.24. The van der Waals surface area contributed by atoms with Crippen LogP contribution in [0.15, 0.2) is 41.2 Å². The molecule has 2 nitrogen and oxygen atoms in total. The molecular formula is C13H12ClFO2. The van der Waals surface area contributed by atoms with Crippen LogP contribution in [0.4, 0.5) is 4.39 Å². The van der Waals surface area contributed by atoms with Gasteiger partial charge in [-0.1, -0.05) is 17.7 Å². The maximum atomic E-state index is 13.6. The van der Waals surface area contributed by atoms with Crippen molar-refractivity contribution < 1.29 is 13.9 Å². The zero-order chi connectivity index (χ0) is 12.5. The minimum Gasteiger partial charge on any atom is -0.472 e. The van der Waals surface area contributed by atoms with Gasteiger partial charge in [-0.05, 0) is 30.7 Å². The average Bonchev–Trinajstić information content (AvgIpc) is 2.76. The van der Waals surface area contributed by atoms with E-state index < -0.39 is 11.4 Å². The van der Waals surface area contributed by atoms with Gasteiger partial charge in [-0.15, -0.1) is 0 Å². The molecular weight excluding hydrogens is 243 g/mol. The quantitative estimate of drug-likeness (QED) is 0.909. The number of aliphatic hydroxyl groups is 1. The minimum absolute atomic E-state index is 0.162. The van der Waals surface area contributed by atoms with Gasteiger partial charge in [0.1, 0.15) is 5.82 Å². The molecule has 1 N–H and O–H groups in total. The Morgan fingerprint density at radius 2 is 2.18 bits per heavy atom. The van der Waals surface area contributed by atoms with Crippen LogP contribution in [0.2, 0.25) is 5.02 Å². The van der Waals surface area contributed by atoms with E-state index in [1.54, 1.807) is 25.1 Å². The van der Waals surface area contributed by atoms with E-state index in [2.05, 4.69) is 0 Å². The molecule has 0 aliphatic rings. The van der Waals surface area contributed by atoms with Gasteiger partial charge in [0.15, 0.2) is 0 Å². The molecule has 0 spiro atoms. The van der Waals surface area contributed by atoms with Crippen molar-refractivity contribution in [2.24, 2.45) is 0 Å². The van der Waals surface area contributed by atoms with E-state index in [1.807, 2.05) is 0 Å². The summed E-state index contributed by atoms with van der Waals surface area (Å²) in [5.41, 5.74) is -0.130. The molecule has 2 aromatic rings. The van der Waals surface area contributed by atoms with Crippen LogP contribution in [-0.2, 0) is 12.0 Å². The number of rotatable bonds is 3. The van der Waals surface area contributed by atoms with Crippen LogP contribution < -0.4 is 0 Å². The lowest BCUT2D eigenvalue weighted by molar-refractivity contribution is 0.0561. The number of furan rings is 1. The van der Waals surface area contributed by atoms with Gasteiger partial charge in [-0.3, -0.25) is 0 Å². The van der Waals surface area contributed by atoms with Crippen molar-refractivity contribution >= 4 is 11.6 Å². The topological polar surface area (TPSA) is 33.4 Å². The standard InChI is InChI=1S/C13H12ClFO2/c1-13(16,10-4-5-17-8-10)7-9-2-3-11(14)6-12(9)15/h2-6,8,16H,7H2,1H3. The monoisotopic (exact) mass is 254 g/mol. The fraction of sp³-hybridized carbons (Fsp3) is 0.231. The highest BCUT2D eigenvalue weighted by Gasteiger charge is 2.26. The van der Waals surface area contributed by atoms with Crippen LogP contribution in [0.5, 0.6) is 0 Å². The van der Waals surface area contributed by atoms with Crippen molar-refractivity contribution in [1.29, 1.82) is 0 Å². The Balaban J connectivity index is 2.26. The van der Waals surface area contributed by atoms with Crippen LogP contribution in [0, 0.1) is 5.82 Å². The number of halogens is 2. The third-order valence-electron chi connectivity index (χ3n) is 2.69. The van der Waals surface area contributed by atoms with Gasteiger partial charge >= 0.3 is 0 Å². The second kappa shape index (κ2) is 4.51. The first-order valence-electron chi connectivity index (χ1n) is 5.18. The second-order valence-corrected chi connectivity index (χ2v) is 4.63. The molecule has 0 amide bonds. The molecule has 17 heavy (non-hydrogen) atoms. The highest BCUT2D eigenvalue weighted by atomic mass is 35.5. The van der Waals surface area contributed by atoms with Crippen LogP contribution in [-0.4, -0.2) is 5.11 Å². The molecule has 0 radical (unpaired) electrons. The fourth-order valence-corrected chi connectivity index (χ4v) is 1.87. The number of benzene rings is 1. The first-order chi connectivity index (χ1) is 7.99. The van der Waals surface area contributed by atoms with Crippen molar-refractivity contribution in [3.05, 3.63) is 58.8 Å². The van der Waals surface area contributed by atoms with Gasteiger partial charge in [0.25, 0.3) is 0 Å². The summed E-state index contributed by atoms with van der Waals surface area (Å²) in [6.07, 6.45) is 3.09. The maximum absolute atomic E-state index is 13.6. The lowest BCUT2D eigenvalue weighted by atomic mass is 9.91. The van der Waals surface area contributed by atoms with Gasteiger partial charge in [0.2, 0.25) is 0 Å². The van der Waals surface area contributed by atoms with Crippen LogP contribution >= 0.6 is 11.6 Å². The molecule has 90 valence electrons. The van der Waals surface area contributed by atoms with Gasteiger partial charge in [0, 0.05) is 17.0 Å². The highest BCUT2D eigenvalue weighted by molar-refractivity contribution is 6.30. The van der Waals surface area contributed by atoms with E-state index >= 15 is 0 Å². The SMILES string of the molecule is CC(O)(Cc1ccc(Cl)cc1F)c1ccoc1. The van der Waals surface area contributed by atoms with Crippen LogP contribution in [0.3, 0.4) is 0 Å². The Hall–Kier alpha value is -1.32. The zero-order valence-corrected chi connectivity index (χ0v) is 10.0. The molecule has 1 aromatic carbocycles. The van der Waals surface area contributed by atoms with Crippen molar-refractivity contribution in [2.45, 2.75) is 18.9 Å². The Labute approximate surface area is 104 Å². The largest absolute Gasteiger partial charge is 0.472 e. The molecule has 1 heterocycles. The Morgan fingerprint density at radius 1 is 1.41 bits per heavy atom. The summed E-state index contributed by atoms with van der Waals surface area (Å²) in [4.78, 5) is 0. The lowest BCUT2D eigenvalue weighted by Gasteiger charge is -2.22. The second-order valence-electron chi connectivity index (χ2n) is 4.20. The smallest absolute Gasteiger partial charge is 0.127 e. The van der Waals surface area contributed by atoms with Crippen molar-refractivity contribution in [2.75, 3.05) is 0 Å². The molecule has 0 saturated heterocycles. The summed E-state index contributed by atoms with van der Waals surface area (Å²) in [5, 5.41) is 10.6. The van der Waals surface area contributed by atoms with Gasteiger partial charge in [-0.2, -0.15) is 0 Å². The first-order valence-corrected chi connectivity index (χ1v) is 5.56. The van der Waals surface area contributed by atoms with Crippen molar-refractivity contribution in [1.82, 2.24) is 0 Å². The highest BCUT2D eigenvalue weighted by Crippen LogP contribution is 2.27. The molecule has 1 aromatic heterocycles. The summed E-state index contributed by atoms with van der Waals surface area (Å²) in [6.45, 7) is 1.62. The van der Waals surface area contributed by atoms with Gasteiger partial charge < -0.3 is 9.52 Å². The molecule has 0 saturated carbocycles. The van der Waals surface area contributed by atoms with E-state index in [4.69, 9.17) is 16.0 Å². The van der Waals surface area contributed by atoms with Crippen molar-refractivity contribution in [3.63, 3.8) is 0 Å². The number of hydrogen-bond acceptors (Lipinski definition) is 2. The first kappa shape index (κ1) is 12.1. The zero-order valence-electron chi connectivity index (χ0n) is 9.28. The van der Waals surface area contributed by atoms with Crippen molar-refractivity contribution in [3.8, 4) is 0 Å². The Kier molecular flexibility index (Phi) is 3.22. The predicted octanol–water partition coefficient (Wildman–Crippen LogP) is 3.52. The summed E-state index contributed by atoms with van der Waals surface area (Å²) in [7, 11) is 0. The molecule has 0 aliphatic heterocycles. The van der Waals surface area contributed by atoms with Gasteiger partial charge in [-0.25, -0.2) is 4.39 Å². The molecule has 0 bridgehead atoms. The fourth-order valence-electron chi connectivity index (χ4n) is 1.71. The van der Waals surface area contributed by atoms with E-state index in [0.29, 0.717) is 16.1 Å².